The predicted molar refractivity (Wildman–Crippen MR) is 123 cm³/mol. The number of aromatic carboxylic acids is 1. The van der Waals surface area contributed by atoms with Crippen LogP contribution in [0.2, 0.25) is 25.2 Å². The summed E-state index contributed by atoms with van der Waals surface area (Å²) in [6.07, 6.45) is 12.5. The summed E-state index contributed by atoms with van der Waals surface area (Å²) in [5.74, 6) is -0.870. The number of hydrogen-bond donors (Lipinski definition) is 2. The number of rotatable bonds is 15. The molecule has 0 unspecified atom stereocenters. The van der Waals surface area contributed by atoms with Crippen molar-refractivity contribution in [2.45, 2.75) is 89.9 Å². The molecule has 0 saturated carbocycles. The first kappa shape index (κ1) is 26.7. The number of carbonyl (C=O) groups is 1. The van der Waals surface area contributed by atoms with Crippen LogP contribution < -0.4 is 5.32 Å². The number of unbranched alkanes of at least 4 members (excludes halogenated alkanes) is 7. The van der Waals surface area contributed by atoms with Crippen LogP contribution >= 0.6 is 0 Å². The zero-order chi connectivity index (χ0) is 19.3. The van der Waals surface area contributed by atoms with E-state index >= 15 is 0 Å². The number of hydrogen-bond acceptors (Lipinski definition) is 2. The van der Waals surface area contributed by atoms with E-state index in [9.17, 15) is 4.79 Å². The molecule has 0 radical (unpaired) electrons. The second kappa shape index (κ2) is 15.6. The Labute approximate surface area is 190 Å². The van der Waals surface area contributed by atoms with E-state index in [2.05, 4.69) is 25.3 Å². The van der Waals surface area contributed by atoms with Gasteiger partial charge in [-0.05, 0) is 30.7 Å². The first-order valence-corrected chi connectivity index (χ1v) is 13.9. The van der Waals surface area contributed by atoms with Crippen molar-refractivity contribution in [3.05, 3.63) is 29.8 Å². The molecule has 0 aliphatic rings. The molecule has 0 aliphatic carbocycles. The molecule has 0 saturated heterocycles. The van der Waals surface area contributed by atoms with Gasteiger partial charge in [0.2, 0.25) is 0 Å². The summed E-state index contributed by atoms with van der Waals surface area (Å²) in [6.45, 7) is 8.30. The van der Waals surface area contributed by atoms with Crippen molar-refractivity contribution in [2.75, 3.05) is 11.9 Å². The van der Waals surface area contributed by atoms with E-state index in [1.165, 1.54) is 69.9 Å². The Hall–Kier alpha value is -0.293. The van der Waals surface area contributed by atoms with Crippen LogP contribution in [0.4, 0.5) is 5.69 Å². The molecule has 0 heterocycles. The predicted octanol–water partition coefficient (Wildman–Crippen LogP) is 6.39. The van der Waals surface area contributed by atoms with Crippen LogP contribution in [-0.2, 0) is 0 Å². The van der Waals surface area contributed by atoms with E-state index in [1.54, 1.807) is 12.1 Å². The molecule has 150 valence electrons. The van der Waals surface area contributed by atoms with Crippen molar-refractivity contribution in [3.8, 4) is 0 Å². The van der Waals surface area contributed by atoms with Crippen molar-refractivity contribution in [1.29, 1.82) is 0 Å². The van der Waals surface area contributed by atoms with Gasteiger partial charge in [0.1, 0.15) is 0 Å². The SMILES string of the molecule is CCCCCCCCCC[Si](C)(C)CCCNc1ccc(C(=O)O)cc1.[NaH]. The maximum absolute atomic E-state index is 10.9. The molecule has 3 nitrogen and oxygen atoms in total. The van der Waals surface area contributed by atoms with Gasteiger partial charge in [0.25, 0.3) is 0 Å². The molecule has 0 bridgehead atoms. The van der Waals surface area contributed by atoms with Gasteiger partial charge in [0.05, 0.1) is 5.56 Å². The van der Waals surface area contributed by atoms with E-state index in [0.29, 0.717) is 5.56 Å². The van der Waals surface area contributed by atoms with Gasteiger partial charge in [0, 0.05) is 20.3 Å². The summed E-state index contributed by atoms with van der Waals surface area (Å²) < 4.78 is 0. The zero-order valence-corrected chi connectivity index (χ0v) is 18.2. The van der Waals surface area contributed by atoms with Crippen molar-refractivity contribution < 1.29 is 9.90 Å². The summed E-state index contributed by atoms with van der Waals surface area (Å²) in [5, 5.41) is 12.3. The summed E-state index contributed by atoms with van der Waals surface area (Å²) in [5.41, 5.74) is 1.35. The molecule has 0 amide bonds. The monoisotopic (exact) mass is 401 g/mol. The molecular formula is C22H40NNaO2Si. The Kier molecular flexibility index (Phi) is 15.4. The minimum absolute atomic E-state index is 0. The van der Waals surface area contributed by atoms with Crippen LogP contribution in [0.15, 0.2) is 24.3 Å². The van der Waals surface area contributed by atoms with Gasteiger partial charge in [-0.15, -0.1) is 0 Å². The number of nitrogens with one attached hydrogen (secondary N) is 1. The van der Waals surface area contributed by atoms with E-state index in [1.807, 2.05) is 12.1 Å². The number of anilines is 1. The Bertz CT molecular complexity index is 506. The molecule has 0 aromatic heterocycles. The van der Waals surface area contributed by atoms with Crippen LogP contribution in [0, 0.1) is 0 Å². The molecule has 1 aromatic rings. The normalized spacial score (nSPS) is 11.1. The van der Waals surface area contributed by atoms with Crippen molar-refractivity contribution in [3.63, 3.8) is 0 Å². The third-order valence-electron chi connectivity index (χ3n) is 5.20. The fourth-order valence-electron chi connectivity index (χ4n) is 3.39. The summed E-state index contributed by atoms with van der Waals surface area (Å²) in [4.78, 5) is 10.9. The molecule has 1 rings (SSSR count). The third-order valence-corrected chi connectivity index (χ3v) is 8.61. The van der Waals surface area contributed by atoms with Gasteiger partial charge in [-0.25, -0.2) is 4.79 Å². The van der Waals surface area contributed by atoms with Crippen LogP contribution in [0.25, 0.3) is 0 Å². The Balaban J connectivity index is 0.00000676. The Morgan fingerprint density at radius 3 is 1.96 bits per heavy atom. The number of carboxylic acid groups (broad SMARTS) is 1. The molecular weight excluding hydrogens is 361 g/mol. The van der Waals surface area contributed by atoms with Gasteiger partial charge in [-0.1, -0.05) is 83.5 Å². The fourth-order valence-corrected chi connectivity index (χ4v) is 5.98. The molecule has 2 N–H and O–H groups in total. The van der Waals surface area contributed by atoms with Crippen molar-refractivity contribution in [2.24, 2.45) is 0 Å². The third kappa shape index (κ3) is 13.5. The van der Waals surface area contributed by atoms with E-state index in [-0.39, 0.29) is 29.6 Å². The van der Waals surface area contributed by atoms with Crippen molar-refractivity contribution >= 4 is 49.3 Å². The van der Waals surface area contributed by atoms with Gasteiger partial charge in [0.15, 0.2) is 0 Å². The van der Waals surface area contributed by atoms with E-state index in [4.69, 9.17) is 5.11 Å². The molecule has 0 fully saturated rings. The standard InChI is InChI=1S/C22H39NO2Si.Na.H/c1-4-5-6-7-8-9-10-11-18-26(2,3)19-12-17-23-21-15-13-20(14-16-21)22(24)25;;/h13-16,23H,4-12,17-19H2,1-3H3,(H,24,25);;. The van der Waals surface area contributed by atoms with Crippen LogP contribution in [0.3, 0.4) is 0 Å². The first-order chi connectivity index (χ1) is 12.4. The van der Waals surface area contributed by atoms with Crippen LogP contribution in [-0.4, -0.2) is 55.3 Å². The molecule has 0 aliphatic heterocycles. The van der Waals surface area contributed by atoms with Crippen LogP contribution in [0.1, 0.15) is 75.1 Å². The second-order valence-electron chi connectivity index (χ2n) is 8.30. The van der Waals surface area contributed by atoms with E-state index < -0.39 is 14.0 Å². The molecule has 1 aromatic carbocycles. The molecule has 0 spiro atoms. The van der Waals surface area contributed by atoms with Gasteiger partial charge in [-0.3, -0.25) is 0 Å². The number of benzene rings is 1. The average molecular weight is 402 g/mol. The van der Waals surface area contributed by atoms with Crippen molar-refractivity contribution in [1.82, 2.24) is 0 Å². The summed E-state index contributed by atoms with van der Waals surface area (Å²) in [7, 11) is -1.06. The summed E-state index contributed by atoms with van der Waals surface area (Å²) >= 11 is 0. The number of carboxylic acids is 1. The fraction of sp³-hybridized carbons (Fsp3) is 0.682. The van der Waals surface area contributed by atoms with Crippen LogP contribution in [0.5, 0.6) is 0 Å². The molecule has 5 heteroatoms. The molecule has 27 heavy (non-hydrogen) atoms. The van der Waals surface area contributed by atoms with Gasteiger partial charge < -0.3 is 10.4 Å². The maximum atomic E-state index is 10.9. The quantitative estimate of drug-likeness (QED) is 0.264. The van der Waals surface area contributed by atoms with Gasteiger partial charge >= 0.3 is 35.5 Å². The Morgan fingerprint density at radius 2 is 1.41 bits per heavy atom. The molecule has 0 atom stereocenters. The topological polar surface area (TPSA) is 49.3 Å². The van der Waals surface area contributed by atoms with E-state index in [0.717, 1.165) is 12.2 Å². The average Bonchev–Trinajstić information content (AvgIpc) is 2.61. The summed E-state index contributed by atoms with van der Waals surface area (Å²) in [6, 6.07) is 9.84. The zero-order valence-electron chi connectivity index (χ0n) is 17.2. The minimum atomic E-state index is -1.06. The first-order valence-electron chi connectivity index (χ1n) is 10.5. The van der Waals surface area contributed by atoms with Gasteiger partial charge in [-0.2, -0.15) is 0 Å². The Morgan fingerprint density at radius 1 is 0.889 bits per heavy atom. The second-order valence-corrected chi connectivity index (χ2v) is 13.6.